The van der Waals surface area contributed by atoms with E-state index in [4.69, 9.17) is 10.00 Å². The molecule has 1 fully saturated rings. The van der Waals surface area contributed by atoms with Gasteiger partial charge in [0, 0.05) is 18.9 Å². The predicted molar refractivity (Wildman–Crippen MR) is 55.4 cm³/mol. The molecule has 1 aromatic heterocycles. The molecule has 16 heavy (non-hydrogen) atoms. The maximum atomic E-state index is 11.6. The van der Waals surface area contributed by atoms with E-state index >= 15 is 0 Å². The van der Waals surface area contributed by atoms with E-state index < -0.39 is 0 Å². The Morgan fingerprint density at radius 3 is 3.38 bits per heavy atom. The van der Waals surface area contributed by atoms with Gasteiger partial charge in [0.05, 0.1) is 6.07 Å². The number of nitrogens with one attached hydrogen (secondary N) is 1. The lowest BCUT2D eigenvalue weighted by molar-refractivity contribution is -0.124. The average molecular weight is 220 g/mol. The molecule has 0 aromatic carbocycles. The van der Waals surface area contributed by atoms with Gasteiger partial charge in [0.2, 0.25) is 0 Å². The molecule has 2 rings (SSSR count). The summed E-state index contributed by atoms with van der Waals surface area (Å²) in [6.07, 6.45) is 2.96. The Hall–Kier alpha value is -1.87. The van der Waals surface area contributed by atoms with Crippen molar-refractivity contribution < 1.29 is 9.53 Å². The van der Waals surface area contributed by atoms with Crippen molar-refractivity contribution in [2.45, 2.75) is 25.5 Å². The topological polar surface area (TPSA) is 79.9 Å². The van der Waals surface area contributed by atoms with E-state index in [1.165, 1.54) is 4.68 Å². The SMILES string of the molecule is N#CCn1ccc(NC(=O)C2CCCO2)n1. The third-order valence-electron chi connectivity index (χ3n) is 2.35. The van der Waals surface area contributed by atoms with Crippen LogP contribution in [-0.4, -0.2) is 28.4 Å². The third-order valence-corrected chi connectivity index (χ3v) is 2.35. The molecule has 2 heterocycles. The normalized spacial score (nSPS) is 19.3. The first kappa shape index (κ1) is 10.6. The number of nitriles is 1. The maximum Gasteiger partial charge on any atom is 0.254 e. The first-order chi connectivity index (χ1) is 7.79. The Morgan fingerprint density at radius 1 is 1.81 bits per heavy atom. The Kier molecular flexibility index (Phi) is 3.17. The van der Waals surface area contributed by atoms with Crippen molar-refractivity contribution in [1.82, 2.24) is 9.78 Å². The summed E-state index contributed by atoms with van der Waals surface area (Å²) in [5.74, 6) is 0.287. The molecule has 1 unspecified atom stereocenters. The molecule has 0 spiro atoms. The number of nitrogens with zero attached hydrogens (tertiary/aromatic N) is 3. The van der Waals surface area contributed by atoms with Gasteiger partial charge in [0.1, 0.15) is 12.6 Å². The molecule has 1 saturated heterocycles. The van der Waals surface area contributed by atoms with Crippen molar-refractivity contribution in [2.24, 2.45) is 0 Å². The lowest BCUT2D eigenvalue weighted by Crippen LogP contribution is -2.27. The number of ether oxygens (including phenoxy) is 1. The molecule has 0 radical (unpaired) electrons. The molecule has 1 aliphatic heterocycles. The minimum atomic E-state index is -0.360. The lowest BCUT2D eigenvalue weighted by Gasteiger charge is -2.07. The van der Waals surface area contributed by atoms with Crippen molar-refractivity contribution in [3.63, 3.8) is 0 Å². The standard InChI is InChI=1S/C10H12N4O2/c11-4-6-14-5-3-9(13-14)12-10(15)8-2-1-7-16-8/h3,5,8H,1-2,6-7H2,(H,12,13,15). The van der Waals surface area contributed by atoms with E-state index in [2.05, 4.69) is 10.4 Å². The van der Waals surface area contributed by atoms with Crippen molar-refractivity contribution >= 4 is 11.7 Å². The second-order valence-electron chi connectivity index (χ2n) is 3.55. The van der Waals surface area contributed by atoms with Crippen molar-refractivity contribution in [2.75, 3.05) is 11.9 Å². The largest absolute Gasteiger partial charge is 0.368 e. The number of anilines is 1. The van der Waals surface area contributed by atoms with Crippen LogP contribution in [0.5, 0.6) is 0 Å². The molecular formula is C10H12N4O2. The van der Waals surface area contributed by atoms with Gasteiger partial charge in [-0.25, -0.2) is 0 Å². The van der Waals surface area contributed by atoms with Gasteiger partial charge in [0.25, 0.3) is 5.91 Å². The molecule has 1 amide bonds. The molecule has 84 valence electrons. The number of amides is 1. The molecule has 6 heteroatoms. The van der Waals surface area contributed by atoms with E-state index in [0.29, 0.717) is 12.4 Å². The van der Waals surface area contributed by atoms with Crippen LogP contribution in [0.1, 0.15) is 12.8 Å². The molecule has 1 aliphatic rings. The molecule has 1 atom stereocenters. The molecule has 1 N–H and O–H groups in total. The maximum absolute atomic E-state index is 11.6. The number of hydrogen-bond donors (Lipinski definition) is 1. The fourth-order valence-corrected chi connectivity index (χ4v) is 1.58. The summed E-state index contributed by atoms with van der Waals surface area (Å²) in [5, 5.41) is 15.1. The van der Waals surface area contributed by atoms with Gasteiger partial charge < -0.3 is 10.1 Å². The lowest BCUT2D eigenvalue weighted by atomic mass is 10.2. The zero-order valence-electron chi connectivity index (χ0n) is 8.72. The molecule has 6 nitrogen and oxygen atoms in total. The van der Waals surface area contributed by atoms with E-state index in [-0.39, 0.29) is 18.6 Å². The van der Waals surface area contributed by atoms with Gasteiger partial charge in [-0.05, 0) is 12.8 Å². The van der Waals surface area contributed by atoms with Gasteiger partial charge in [-0.2, -0.15) is 10.4 Å². The molecule has 0 aliphatic carbocycles. The van der Waals surface area contributed by atoms with Crippen LogP contribution in [0, 0.1) is 11.3 Å². The fourth-order valence-electron chi connectivity index (χ4n) is 1.58. The summed E-state index contributed by atoms with van der Waals surface area (Å²) in [6.45, 7) is 0.816. The monoisotopic (exact) mass is 220 g/mol. The molecule has 0 bridgehead atoms. The zero-order chi connectivity index (χ0) is 11.4. The molecule has 0 saturated carbocycles. The second-order valence-corrected chi connectivity index (χ2v) is 3.55. The molecular weight excluding hydrogens is 208 g/mol. The summed E-state index contributed by atoms with van der Waals surface area (Å²) in [4.78, 5) is 11.6. The van der Waals surface area contributed by atoms with Crippen LogP contribution in [0.2, 0.25) is 0 Å². The van der Waals surface area contributed by atoms with Gasteiger partial charge in [-0.15, -0.1) is 0 Å². The Morgan fingerprint density at radius 2 is 2.69 bits per heavy atom. The molecule has 1 aromatic rings. The zero-order valence-corrected chi connectivity index (χ0v) is 8.72. The van der Waals surface area contributed by atoms with Crippen LogP contribution in [0.25, 0.3) is 0 Å². The fraction of sp³-hybridized carbons (Fsp3) is 0.500. The van der Waals surface area contributed by atoms with Crippen LogP contribution in [0.15, 0.2) is 12.3 Å². The minimum absolute atomic E-state index is 0.167. The van der Waals surface area contributed by atoms with Gasteiger partial charge in [-0.1, -0.05) is 0 Å². The summed E-state index contributed by atoms with van der Waals surface area (Å²) in [6, 6.07) is 3.63. The number of aromatic nitrogens is 2. The second kappa shape index (κ2) is 4.77. The highest BCUT2D eigenvalue weighted by Crippen LogP contribution is 2.14. The highest BCUT2D eigenvalue weighted by molar-refractivity contribution is 5.93. The summed E-state index contributed by atoms with van der Waals surface area (Å²) < 4.78 is 6.71. The van der Waals surface area contributed by atoms with Gasteiger partial charge in [0.15, 0.2) is 5.82 Å². The van der Waals surface area contributed by atoms with Crippen LogP contribution < -0.4 is 5.32 Å². The van der Waals surface area contributed by atoms with E-state index in [1.807, 2.05) is 6.07 Å². The van der Waals surface area contributed by atoms with Crippen molar-refractivity contribution in [3.8, 4) is 6.07 Å². The van der Waals surface area contributed by atoms with Crippen LogP contribution >= 0.6 is 0 Å². The van der Waals surface area contributed by atoms with Crippen molar-refractivity contribution in [3.05, 3.63) is 12.3 Å². The number of rotatable bonds is 3. The smallest absolute Gasteiger partial charge is 0.254 e. The van der Waals surface area contributed by atoms with Crippen LogP contribution in [0.4, 0.5) is 5.82 Å². The number of hydrogen-bond acceptors (Lipinski definition) is 4. The van der Waals surface area contributed by atoms with E-state index in [1.54, 1.807) is 12.3 Å². The quantitative estimate of drug-likeness (QED) is 0.805. The summed E-state index contributed by atoms with van der Waals surface area (Å²) in [5.41, 5.74) is 0. The minimum Gasteiger partial charge on any atom is -0.368 e. The van der Waals surface area contributed by atoms with E-state index in [0.717, 1.165) is 12.8 Å². The third kappa shape index (κ3) is 2.38. The van der Waals surface area contributed by atoms with Crippen LogP contribution in [0.3, 0.4) is 0 Å². The number of carbonyl (C=O) groups excluding carboxylic acids is 1. The highest BCUT2D eigenvalue weighted by atomic mass is 16.5. The predicted octanol–water partition coefficient (Wildman–Crippen LogP) is 0.524. The first-order valence-electron chi connectivity index (χ1n) is 5.12. The first-order valence-corrected chi connectivity index (χ1v) is 5.12. The Balaban J connectivity index is 1.92. The average Bonchev–Trinajstić information content (AvgIpc) is 2.89. The highest BCUT2D eigenvalue weighted by Gasteiger charge is 2.23. The summed E-state index contributed by atoms with van der Waals surface area (Å²) in [7, 11) is 0. The number of carbonyl (C=O) groups is 1. The van der Waals surface area contributed by atoms with Gasteiger partial charge in [-0.3, -0.25) is 9.48 Å². The van der Waals surface area contributed by atoms with E-state index in [9.17, 15) is 4.79 Å². The Bertz CT molecular complexity index is 415. The van der Waals surface area contributed by atoms with Crippen LogP contribution in [-0.2, 0) is 16.1 Å². The van der Waals surface area contributed by atoms with Gasteiger partial charge >= 0.3 is 0 Å². The van der Waals surface area contributed by atoms with Crippen molar-refractivity contribution in [1.29, 1.82) is 5.26 Å². The Labute approximate surface area is 92.8 Å². The summed E-state index contributed by atoms with van der Waals surface area (Å²) >= 11 is 0.